The Balaban J connectivity index is 1.91. The average Bonchev–Trinajstić information content (AvgIpc) is 2.29. The summed E-state index contributed by atoms with van der Waals surface area (Å²) in [6, 6.07) is 0. The average molecular weight is 261 g/mol. The smallest absolute Gasteiger partial charge is 0.0729 e. The molecule has 2 saturated heterocycles. The van der Waals surface area contributed by atoms with Crippen LogP contribution in [0.4, 0.5) is 0 Å². The minimum atomic E-state index is 0.130. The molecule has 17 heavy (non-hydrogen) atoms. The van der Waals surface area contributed by atoms with E-state index in [-0.39, 0.29) is 5.60 Å². The van der Waals surface area contributed by atoms with Gasteiger partial charge in [-0.15, -0.1) is 11.6 Å². The fourth-order valence-corrected chi connectivity index (χ4v) is 3.63. The highest BCUT2D eigenvalue weighted by molar-refractivity contribution is 6.20. The van der Waals surface area contributed by atoms with E-state index < -0.39 is 0 Å². The molecule has 0 aromatic heterocycles. The van der Waals surface area contributed by atoms with Gasteiger partial charge >= 0.3 is 0 Å². The third kappa shape index (κ3) is 3.59. The Labute approximate surface area is 110 Å². The normalized spacial score (nSPS) is 32.3. The Bertz CT molecular complexity index is 231. The summed E-state index contributed by atoms with van der Waals surface area (Å²) >= 11 is 6.12. The van der Waals surface area contributed by atoms with Crippen molar-refractivity contribution in [2.24, 2.45) is 11.8 Å². The highest BCUT2D eigenvalue weighted by atomic mass is 35.5. The molecule has 2 heterocycles. The maximum atomic E-state index is 6.12. The fraction of sp³-hybridized carbons (Fsp3) is 1.00. The molecule has 1 spiro atoms. The molecule has 2 nitrogen and oxygen atoms in total. The van der Waals surface area contributed by atoms with Crippen molar-refractivity contribution in [2.75, 3.05) is 19.8 Å². The molecule has 2 fully saturated rings. The van der Waals surface area contributed by atoms with Gasteiger partial charge in [-0.3, -0.25) is 0 Å². The van der Waals surface area contributed by atoms with Crippen LogP contribution in [0.2, 0.25) is 0 Å². The van der Waals surface area contributed by atoms with Crippen molar-refractivity contribution in [3.05, 3.63) is 0 Å². The molecule has 0 aromatic rings. The quantitative estimate of drug-likeness (QED) is 0.722. The second kappa shape index (κ2) is 5.90. The minimum absolute atomic E-state index is 0.130. The number of hydrogen-bond acceptors (Lipinski definition) is 2. The summed E-state index contributed by atoms with van der Waals surface area (Å²) in [4.78, 5) is 0. The van der Waals surface area contributed by atoms with E-state index in [4.69, 9.17) is 21.1 Å². The van der Waals surface area contributed by atoms with E-state index in [9.17, 15) is 0 Å². The van der Waals surface area contributed by atoms with E-state index in [1.54, 1.807) is 0 Å². The van der Waals surface area contributed by atoms with Gasteiger partial charge in [-0.2, -0.15) is 0 Å². The summed E-state index contributed by atoms with van der Waals surface area (Å²) in [5.74, 6) is 1.49. The number of halogens is 1. The lowest BCUT2D eigenvalue weighted by Crippen LogP contribution is -2.45. The van der Waals surface area contributed by atoms with Gasteiger partial charge < -0.3 is 9.47 Å². The van der Waals surface area contributed by atoms with Crippen molar-refractivity contribution < 1.29 is 9.47 Å². The van der Waals surface area contributed by atoms with Crippen molar-refractivity contribution >= 4 is 11.6 Å². The molecule has 0 saturated carbocycles. The third-order valence-corrected chi connectivity index (χ3v) is 4.61. The maximum absolute atomic E-state index is 6.12. The molecule has 3 atom stereocenters. The van der Waals surface area contributed by atoms with Crippen LogP contribution < -0.4 is 0 Å². The molecular formula is C14H25ClO2. The summed E-state index contributed by atoms with van der Waals surface area (Å²) in [6.07, 6.45) is 5.69. The monoisotopic (exact) mass is 260 g/mol. The van der Waals surface area contributed by atoms with Gasteiger partial charge in [-0.25, -0.2) is 0 Å². The lowest BCUT2D eigenvalue weighted by Gasteiger charge is -2.45. The van der Waals surface area contributed by atoms with Gasteiger partial charge in [0.25, 0.3) is 0 Å². The van der Waals surface area contributed by atoms with Crippen molar-refractivity contribution in [1.82, 2.24) is 0 Å². The molecule has 100 valence electrons. The van der Waals surface area contributed by atoms with E-state index in [0.717, 1.165) is 45.0 Å². The van der Waals surface area contributed by atoms with E-state index in [1.165, 1.54) is 12.8 Å². The summed E-state index contributed by atoms with van der Waals surface area (Å²) in [6.45, 7) is 7.11. The van der Waals surface area contributed by atoms with Gasteiger partial charge in [0.15, 0.2) is 0 Å². The van der Waals surface area contributed by atoms with Crippen LogP contribution in [0.5, 0.6) is 0 Å². The number of rotatable bonds is 3. The van der Waals surface area contributed by atoms with Gasteiger partial charge in [0.2, 0.25) is 0 Å². The molecule has 2 aliphatic rings. The number of ether oxygens (including phenoxy) is 2. The Kier molecular flexibility index (Phi) is 4.73. The summed E-state index contributed by atoms with van der Waals surface area (Å²) in [5, 5.41) is 0.290. The molecule has 0 N–H and O–H groups in total. The van der Waals surface area contributed by atoms with Crippen LogP contribution in [0.25, 0.3) is 0 Å². The minimum Gasteiger partial charge on any atom is -0.381 e. The fourth-order valence-electron chi connectivity index (χ4n) is 3.35. The van der Waals surface area contributed by atoms with Crippen LogP contribution in [-0.2, 0) is 9.47 Å². The second-order valence-electron chi connectivity index (χ2n) is 5.89. The van der Waals surface area contributed by atoms with Crippen LogP contribution in [0.1, 0.15) is 46.0 Å². The molecule has 2 aliphatic heterocycles. The van der Waals surface area contributed by atoms with Crippen LogP contribution >= 0.6 is 11.6 Å². The summed E-state index contributed by atoms with van der Waals surface area (Å²) < 4.78 is 11.5. The zero-order valence-corrected chi connectivity index (χ0v) is 11.8. The molecule has 0 aliphatic carbocycles. The largest absolute Gasteiger partial charge is 0.381 e. The Morgan fingerprint density at radius 1 is 1.24 bits per heavy atom. The first-order valence-electron chi connectivity index (χ1n) is 6.97. The first-order chi connectivity index (χ1) is 8.11. The molecule has 0 aromatic carbocycles. The summed E-state index contributed by atoms with van der Waals surface area (Å²) in [5.41, 5.74) is 0.130. The van der Waals surface area contributed by atoms with E-state index in [2.05, 4.69) is 13.8 Å². The van der Waals surface area contributed by atoms with Crippen molar-refractivity contribution in [3.63, 3.8) is 0 Å². The zero-order valence-electron chi connectivity index (χ0n) is 11.1. The molecule has 2 rings (SSSR count). The molecule has 0 radical (unpaired) electrons. The molecule has 3 unspecified atom stereocenters. The van der Waals surface area contributed by atoms with Gasteiger partial charge in [-0.1, -0.05) is 6.92 Å². The van der Waals surface area contributed by atoms with Crippen LogP contribution in [0, 0.1) is 11.8 Å². The van der Waals surface area contributed by atoms with Crippen LogP contribution in [0.3, 0.4) is 0 Å². The first-order valence-corrected chi connectivity index (χ1v) is 7.41. The highest BCUT2D eigenvalue weighted by Crippen LogP contribution is 2.40. The lowest BCUT2D eigenvalue weighted by molar-refractivity contribution is -0.152. The van der Waals surface area contributed by atoms with E-state index >= 15 is 0 Å². The predicted octanol–water partition coefficient (Wildman–Crippen LogP) is 3.62. The summed E-state index contributed by atoms with van der Waals surface area (Å²) in [7, 11) is 0. The molecule has 3 heteroatoms. The molecular weight excluding hydrogens is 236 g/mol. The Morgan fingerprint density at radius 3 is 2.59 bits per heavy atom. The van der Waals surface area contributed by atoms with E-state index in [0.29, 0.717) is 11.3 Å². The van der Waals surface area contributed by atoms with Gasteiger partial charge in [0, 0.05) is 25.2 Å². The van der Waals surface area contributed by atoms with Crippen molar-refractivity contribution in [3.8, 4) is 0 Å². The SMILES string of the molecule is CC(Cl)CC(C)C1CCOC2(CCOCC2)C1. The number of alkyl halides is 1. The predicted molar refractivity (Wildman–Crippen MR) is 70.6 cm³/mol. The molecule has 0 amide bonds. The van der Waals surface area contributed by atoms with Gasteiger partial charge in [0.05, 0.1) is 5.60 Å². The Hall–Kier alpha value is 0.210. The van der Waals surface area contributed by atoms with Crippen LogP contribution in [-0.4, -0.2) is 30.8 Å². The lowest BCUT2D eigenvalue weighted by atomic mass is 9.75. The maximum Gasteiger partial charge on any atom is 0.0729 e. The first kappa shape index (κ1) is 13.6. The Morgan fingerprint density at radius 2 is 1.94 bits per heavy atom. The highest BCUT2D eigenvalue weighted by Gasteiger charge is 2.40. The molecule has 0 bridgehead atoms. The van der Waals surface area contributed by atoms with Gasteiger partial charge in [-0.05, 0) is 50.9 Å². The third-order valence-electron chi connectivity index (χ3n) is 4.44. The number of hydrogen-bond donors (Lipinski definition) is 0. The van der Waals surface area contributed by atoms with Crippen molar-refractivity contribution in [1.29, 1.82) is 0 Å². The zero-order chi connectivity index (χ0) is 12.3. The second-order valence-corrected chi connectivity index (χ2v) is 6.64. The standard InChI is InChI=1S/C14H25ClO2/c1-11(9-12(2)15)13-3-6-17-14(10-13)4-7-16-8-5-14/h11-13H,3-10H2,1-2H3. The van der Waals surface area contributed by atoms with E-state index in [1.807, 2.05) is 0 Å². The topological polar surface area (TPSA) is 18.5 Å². The van der Waals surface area contributed by atoms with Crippen LogP contribution in [0.15, 0.2) is 0 Å². The van der Waals surface area contributed by atoms with Gasteiger partial charge in [0.1, 0.15) is 0 Å². The van der Waals surface area contributed by atoms with Crippen molar-refractivity contribution in [2.45, 2.75) is 56.9 Å².